The lowest BCUT2D eigenvalue weighted by atomic mass is 10.1. The summed E-state index contributed by atoms with van der Waals surface area (Å²) in [7, 11) is 1.60. The fourth-order valence-electron chi connectivity index (χ4n) is 2.82. The monoisotopic (exact) mass is 374 g/mol. The topological polar surface area (TPSA) is 51.2 Å². The molecule has 0 saturated heterocycles. The van der Waals surface area contributed by atoms with Crippen LogP contribution in [-0.2, 0) is 6.42 Å². The maximum Gasteiger partial charge on any atom is 0.255 e. The summed E-state index contributed by atoms with van der Waals surface area (Å²) >= 11 is 1.72. The van der Waals surface area contributed by atoms with Crippen LogP contribution in [0.15, 0.2) is 72.8 Å². The molecule has 134 valence electrons. The molecule has 0 saturated carbocycles. The smallest absolute Gasteiger partial charge is 0.255 e. The van der Waals surface area contributed by atoms with E-state index < -0.39 is 0 Å². The molecule has 0 aliphatic carbocycles. The number of anilines is 1. The van der Waals surface area contributed by atoms with Gasteiger partial charge in [-0.3, -0.25) is 4.79 Å². The Morgan fingerprint density at radius 1 is 1.00 bits per heavy atom. The molecule has 1 aromatic heterocycles. The largest absolute Gasteiger partial charge is 0.497 e. The van der Waals surface area contributed by atoms with E-state index in [1.54, 1.807) is 42.7 Å². The van der Waals surface area contributed by atoms with Crippen LogP contribution < -0.4 is 10.1 Å². The van der Waals surface area contributed by atoms with E-state index in [-0.39, 0.29) is 5.91 Å². The van der Waals surface area contributed by atoms with Crippen LogP contribution in [0.2, 0.25) is 0 Å². The molecule has 1 amide bonds. The van der Waals surface area contributed by atoms with E-state index in [0.717, 1.165) is 33.9 Å². The highest BCUT2D eigenvalue weighted by molar-refractivity contribution is 7.18. The van der Waals surface area contributed by atoms with Gasteiger partial charge in [0.15, 0.2) is 0 Å². The first-order chi connectivity index (χ1) is 13.2. The highest BCUT2D eigenvalue weighted by Crippen LogP contribution is 2.24. The molecule has 0 spiro atoms. The van der Waals surface area contributed by atoms with Crippen molar-refractivity contribution in [1.29, 1.82) is 0 Å². The maximum absolute atomic E-state index is 12.3. The van der Waals surface area contributed by atoms with Crippen molar-refractivity contribution in [3.8, 4) is 5.75 Å². The first kappa shape index (κ1) is 17.2. The predicted molar refractivity (Wildman–Crippen MR) is 110 cm³/mol. The molecular formula is C22H18N2O2S. The fraction of sp³-hybridized carbons (Fsp3) is 0.0909. The van der Waals surface area contributed by atoms with Gasteiger partial charge < -0.3 is 10.1 Å². The average molecular weight is 374 g/mol. The number of fused-ring (bicyclic) bond motifs is 1. The van der Waals surface area contributed by atoms with Gasteiger partial charge in [-0.2, -0.15) is 0 Å². The first-order valence-electron chi connectivity index (χ1n) is 8.60. The van der Waals surface area contributed by atoms with Crippen LogP contribution >= 0.6 is 11.3 Å². The Hall–Kier alpha value is -3.18. The molecule has 1 N–H and O–H groups in total. The quantitative estimate of drug-likeness (QED) is 0.526. The Labute approximate surface area is 161 Å². The van der Waals surface area contributed by atoms with Crippen molar-refractivity contribution in [3.05, 3.63) is 88.9 Å². The lowest BCUT2D eigenvalue weighted by molar-refractivity contribution is 0.102. The standard InChI is InChI=1S/C22H18N2O2S/c1-26-18-12-8-16(9-13-18)22(25)23-17-10-6-15(7-11-17)14-21-24-19-4-2-3-5-20(19)27-21/h2-13H,14H2,1H3,(H,23,25). The number of nitrogens with zero attached hydrogens (tertiary/aromatic N) is 1. The molecular weight excluding hydrogens is 356 g/mol. The molecule has 1 heterocycles. The van der Waals surface area contributed by atoms with E-state index >= 15 is 0 Å². The summed E-state index contributed by atoms with van der Waals surface area (Å²) in [5.74, 6) is 0.585. The third-order valence-electron chi connectivity index (χ3n) is 4.26. The molecule has 3 aromatic carbocycles. The molecule has 27 heavy (non-hydrogen) atoms. The summed E-state index contributed by atoms with van der Waals surface area (Å²) in [5, 5.41) is 4.00. The zero-order valence-electron chi connectivity index (χ0n) is 14.8. The van der Waals surface area contributed by atoms with Crippen molar-refractivity contribution in [2.45, 2.75) is 6.42 Å². The molecule has 5 heteroatoms. The van der Waals surface area contributed by atoms with Gasteiger partial charge in [0.05, 0.1) is 22.3 Å². The minimum atomic E-state index is -0.142. The first-order valence-corrected chi connectivity index (χ1v) is 9.42. The van der Waals surface area contributed by atoms with Crippen LogP contribution in [-0.4, -0.2) is 18.0 Å². The number of para-hydroxylation sites is 1. The Morgan fingerprint density at radius 2 is 1.74 bits per heavy atom. The minimum absolute atomic E-state index is 0.142. The van der Waals surface area contributed by atoms with Gasteiger partial charge in [-0.1, -0.05) is 24.3 Å². The van der Waals surface area contributed by atoms with E-state index in [4.69, 9.17) is 4.74 Å². The zero-order chi connectivity index (χ0) is 18.6. The third-order valence-corrected chi connectivity index (χ3v) is 5.29. The summed E-state index contributed by atoms with van der Waals surface area (Å²) in [6, 6.07) is 23.1. The van der Waals surface area contributed by atoms with Crippen LogP contribution in [0.3, 0.4) is 0 Å². The molecule has 0 atom stereocenters. The SMILES string of the molecule is COc1ccc(C(=O)Nc2ccc(Cc3nc4ccccc4s3)cc2)cc1. The van der Waals surface area contributed by atoms with Gasteiger partial charge in [0, 0.05) is 17.7 Å². The number of amides is 1. The molecule has 0 fully saturated rings. The molecule has 0 unspecified atom stereocenters. The van der Waals surface area contributed by atoms with Crippen molar-refractivity contribution < 1.29 is 9.53 Å². The van der Waals surface area contributed by atoms with Crippen molar-refractivity contribution in [1.82, 2.24) is 4.98 Å². The lowest BCUT2D eigenvalue weighted by Gasteiger charge is -2.07. The number of hydrogen-bond acceptors (Lipinski definition) is 4. The third kappa shape index (κ3) is 3.99. The minimum Gasteiger partial charge on any atom is -0.497 e. The summed E-state index contributed by atoms with van der Waals surface area (Å²) in [6.07, 6.45) is 0.784. The van der Waals surface area contributed by atoms with Crippen molar-refractivity contribution in [2.24, 2.45) is 0 Å². The summed E-state index contributed by atoms with van der Waals surface area (Å²) in [5.41, 5.74) is 3.57. The number of thiazole rings is 1. The van der Waals surface area contributed by atoms with Crippen LogP contribution in [0.25, 0.3) is 10.2 Å². The predicted octanol–water partition coefficient (Wildman–Crippen LogP) is 5.15. The Kier molecular flexibility index (Phi) is 4.85. The zero-order valence-corrected chi connectivity index (χ0v) is 15.6. The number of ether oxygens (including phenoxy) is 1. The van der Waals surface area contributed by atoms with Gasteiger partial charge in [-0.15, -0.1) is 11.3 Å². The molecule has 0 bridgehead atoms. The summed E-state index contributed by atoms with van der Waals surface area (Å²) in [4.78, 5) is 17.0. The number of methoxy groups -OCH3 is 1. The number of aromatic nitrogens is 1. The Bertz CT molecular complexity index is 1040. The molecule has 4 aromatic rings. The molecule has 4 rings (SSSR count). The van der Waals surface area contributed by atoms with Crippen molar-refractivity contribution >= 4 is 33.1 Å². The van der Waals surface area contributed by atoms with Crippen LogP contribution in [0.5, 0.6) is 5.75 Å². The van der Waals surface area contributed by atoms with Gasteiger partial charge in [-0.05, 0) is 54.1 Å². The molecule has 0 aliphatic heterocycles. The van der Waals surface area contributed by atoms with Crippen molar-refractivity contribution in [3.63, 3.8) is 0 Å². The number of nitrogens with one attached hydrogen (secondary N) is 1. The van der Waals surface area contributed by atoms with Gasteiger partial charge in [0.25, 0.3) is 5.91 Å². The van der Waals surface area contributed by atoms with E-state index in [1.165, 1.54) is 4.70 Å². The van der Waals surface area contributed by atoms with Gasteiger partial charge in [0.1, 0.15) is 5.75 Å². The maximum atomic E-state index is 12.3. The number of hydrogen-bond donors (Lipinski definition) is 1. The molecule has 0 aliphatic rings. The second-order valence-corrected chi connectivity index (χ2v) is 7.25. The second kappa shape index (κ2) is 7.60. The molecule has 4 nitrogen and oxygen atoms in total. The Morgan fingerprint density at radius 3 is 2.44 bits per heavy atom. The summed E-state index contributed by atoms with van der Waals surface area (Å²) < 4.78 is 6.32. The van der Waals surface area contributed by atoms with Crippen LogP contribution in [0.4, 0.5) is 5.69 Å². The number of carbonyl (C=O) groups excluding carboxylic acids is 1. The normalized spacial score (nSPS) is 10.7. The lowest BCUT2D eigenvalue weighted by Crippen LogP contribution is -2.11. The van der Waals surface area contributed by atoms with Crippen LogP contribution in [0, 0.1) is 0 Å². The fourth-order valence-corrected chi connectivity index (χ4v) is 3.82. The highest BCUT2D eigenvalue weighted by atomic mass is 32.1. The van der Waals surface area contributed by atoms with E-state index in [0.29, 0.717) is 5.56 Å². The number of carbonyl (C=O) groups is 1. The average Bonchev–Trinajstić information content (AvgIpc) is 3.12. The van der Waals surface area contributed by atoms with E-state index in [9.17, 15) is 4.79 Å². The number of rotatable bonds is 5. The Balaban J connectivity index is 1.42. The van der Waals surface area contributed by atoms with Gasteiger partial charge >= 0.3 is 0 Å². The number of benzene rings is 3. The van der Waals surface area contributed by atoms with E-state index in [2.05, 4.69) is 16.4 Å². The summed E-state index contributed by atoms with van der Waals surface area (Å²) in [6.45, 7) is 0. The van der Waals surface area contributed by atoms with Gasteiger partial charge in [0.2, 0.25) is 0 Å². The highest BCUT2D eigenvalue weighted by Gasteiger charge is 2.07. The van der Waals surface area contributed by atoms with E-state index in [1.807, 2.05) is 42.5 Å². The van der Waals surface area contributed by atoms with Crippen molar-refractivity contribution in [2.75, 3.05) is 12.4 Å². The second-order valence-electron chi connectivity index (χ2n) is 6.13. The van der Waals surface area contributed by atoms with Crippen LogP contribution in [0.1, 0.15) is 20.9 Å². The van der Waals surface area contributed by atoms with Gasteiger partial charge in [-0.25, -0.2) is 4.98 Å². The molecule has 0 radical (unpaired) electrons.